The molecule has 0 amide bonds. The fraction of sp³-hybridized carbons (Fsp3) is 0.125. The molecule has 0 aliphatic carbocycles. The lowest BCUT2D eigenvalue weighted by molar-refractivity contribution is 0.0995. The molecule has 4 nitrogen and oxygen atoms in total. The number of carbonyl (C=O) groups excluding carboxylic acids is 1. The van der Waals surface area contributed by atoms with E-state index in [0.29, 0.717) is 34.0 Å². The maximum Gasteiger partial charge on any atom is 0.231 e. The van der Waals surface area contributed by atoms with Crippen molar-refractivity contribution < 1.29 is 18.7 Å². The first-order chi connectivity index (χ1) is 10.2. The summed E-state index contributed by atoms with van der Waals surface area (Å²) < 4.78 is 24.5. The van der Waals surface area contributed by atoms with E-state index in [4.69, 9.17) is 9.47 Å². The second-order valence-corrected chi connectivity index (χ2v) is 4.83. The third-order valence-corrected chi connectivity index (χ3v) is 3.56. The van der Waals surface area contributed by atoms with Crippen molar-refractivity contribution in [2.75, 3.05) is 6.79 Å². The number of hydrogen-bond acceptors (Lipinski definition) is 4. The van der Waals surface area contributed by atoms with Crippen LogP contribution in [0, 0.1) is 5.82 Å². The third-order valence-electron chi connectivity index (χ3n) is 3.56. The molecular weight excluding hydrogens is 273 g/mol. The van der Waals surface area contributed by atoms with E-state index in [9.17, 15) is 9.18 Å². The van der Waals surface area contributed by atoms with Crippen molar-refractivity contribution >= 4 is 17.2 Å². The number of aliphatic imine (C=N–C) groups is 1. The lowest BCUT2D eigenvalue weighted by atomic mass is 9.95. The molecule has 0 saturated carbocycles. The van der Waals surface area contributed by atoms with Crippen molar-refractivity contribution in [1.29, 1.82) is 0 Å². The number of carbonyl (C=O) groups is 1. The largest absolute Gasteiger partial charge is 0.454 e. The topological polar surface area (TPSA) is 47.9 Å². The first-order valence-corrected chi connectivity index (χ1v) is 6.52. The van der Waals surface area contributed by atoms with Crippen LogP contribution in [0.25, 0.3) is 0 Å². The van der Waals surface area contributed by atoms with Gasteiger partial charge in [0.1, 0.15) is 5.82 Å². The van der Waals surface area contributed by atoms with Gasteiger partial charge in [0, 0.05) is 5.56 Å². The molecule has 2 aromatic carbocycles. The zero-order valence-electron chi connectivity index (χ0n) is 10.9. The van der Waals surface area contributed by atoms with E-state index >= 15 is 0 Å². The predicted octanol–water partition coefficient (Wildman–Crippen LogP) is 3.26. The second kappa shape index (κ2) is 4.41. The molecule has 0 fully saturated rings. The van der Waals surface area contributed by atoms with Crippen molar-refractivity contribution in [2.45, 2.75) is 6.42 Å². The minimum Gasteiger partial charge on any atom is -0.454 e. The Hall–Kier alpha value is -2.69. The molecule has 2 aromatic rings. The van der Waals surface area contributed by atoms with Gasteiger partial charge in [0.25, 0.3) is 0 Å². The van der Waals surface area contributed by atoms with Crippen LogP contribution in [0.15, 0.2) is 41.4 Å². The van der Waals surface area contributed by atoms with E-state index in [-0.39, 0.29) is 24.8 Å². The van der Waals surface area contributed by atoms with Crippen molar-refractivity contribution in [1.82, 2.24) is 0 Å². The van der Waals surface area contributed by atoms with Gasteiger partial charge in [0.2, 0.25) is 6.79 Å². The lowest BCUT2D eigenvalue weighted by Crippen LogP contribution is -2.16. The van der Waals surface area contributed by atoms with E-state index in [1.165, 1.54) is 6.07 Å². The fourth-order valence-electron chi connectivity index (χ4n) is 2.60. The third kappa shape index (κ3) is 1.81. The van der Waals surface area contributed by atoms with Crippen LogP contribution in [-0.4, -0.2) is 18.3 Å². The van der Waals surface area contributed by atoms with Crippen molar-refractivity contribution in [3.05, 3.63) is 53.3 Å². The molecule has 0 bridgehead atoms. The maximum absolute atomic E-state index is 13.9. The van der Waals surface area contributed by atoms with Gasteiger partial charge in [-0.25, -0.2) is 4.39 Å². The van der Waals surface area contributed by atoms with Crippen LogP contribution in [0.2, 0.25) is 0 Å². The minimum atomic E-state index is -0.381. The highest BCUT2D eigenvalue weighted by atomic mass is 19.1. The van der Waals surface area contributed by atoms with Crippen molar-refractivity contribution in [3.8, 4) is 11.5 Å². The molecular formula is C16H10FNO3. The summed E-state index contributed by atoms with van der Waals surface area (Å²) in [5.74, 6) is 0.467. The molecule has 0 N–H and O–H groups in total. The van der Waals surface area contributed by atoms with Crippen LogP contribution < -0.4 is 9.47 Å². The normalized spacial score (nSPS) is 15.7. The average Bonchev–Trinajstić information content (AvgIpc) is 2.95. The van der Waals surface area contributed by atoms with E-state index in [0.717, 1.165) is 0 Å². The molecule has 2 heterocycles. The van der Waals surface area contributed by atoms with E-state index in [1.807, 2.05) is 0 Å². The van der Waals surface area contributed by atoms with E-state index in [2.05, 4.69) is 4.99 Å². The molecule has 2 aliphatic rings. The maximum atomic E-state index is 13.9. The van der Waals surface area contributed by atoms with Gasteiger partial charge in [-0.2, -0.15) is 0 Å². The Morgan fingerprint density at radius 2 is 1.95 bits per heavy atom. The number of ether oxygens (including phenoxy) is 2. The van der Waals surface area contributed by atoms with Gasteiger partial charge in [-0.1, -0.05) is 18.2 Å². The Morgan fingerprint density at radius 3 is 2.81 bits per heavy atom. The summed E-state index contributed by atoms with van der Waals surface area (Å²) in [7, 11) is 0. The molecule has 21 heavy (non-hydrogen) atoms. The molecule has 0 saturated heterocycles. The quantitative estimate of drug-likeness (QED) is 0.807. The summed E-state index contributed by atoms with van der Waals surface area (Å²) in [4.78, 5) is 16.8. The van der Waals surface area contributed by atoms with Crippen LogP contribution in [-0.2, 0) is 0 Å². The Bertz CT molecular complexity index is 798. The molecule has 104 valence electrons. The van der Waals surface area contributed by atoms with Gasteiger partial charge >= 0.3 is 0 Å². The number of halogens is 1. The molecule has 2 aliphatic heterocycles. The summed E-state index contributed by atoms with van der Waals surface area (Å²) in [5, 5.41) is 0. The SMILES string of the molecule is O=C1CC(c2ccccc2F)=Nc2ccc3c(c21)OCO3. The summed E-state index contributed by atoms with van der Waals surface area (Å²) in [6, 6.07) is 9.72. The monoisotopic (exact) mass is 283 g/mol. The zero-order chi connectivity index (χ0) is 14.4. The smallest absolute Gasteiger partial charge is 0.231 e. The van der Waals surface area contributed by atoms with Crippen molar-refractivity contribution in [2.24, 2.45) is 4.99 Å². The van der Waals surface area contributed by atoms with Gasteiger partial charge < -0.3 is 9.47 Å². The number of fused-ring (bicyclic) bond motifs is 3. The molecule has 0 aromatic heterocycles. The van der Waals surface area contributed by atoms with Crippen LogP contribution >= 0.6 is 0 Å². The van der Waals surface area contributed by atoms with E-state index in [1.54, 1.807) is 30.3 Å². The average molecular weight is 283 g/mol. The number of ketones is 1. The number of Topliss-reactive ketones (excluding diaryl/α,β-unsaturated/α-hetero) is 1. The number of nitrogens with zero attached hydrogens (tertiary/aromatic N) is 1. The van der Waals surface area contributed by atoms with Crippen molar-refractivity contribution in [3.63, 3.8) is 0 Å². The Morgan fingerprint density at radius 1 is 1.10 bits per heavy atom. The summed E-state index contributed by atoms with van der Waals surface area (Å²) in [6.07, 6.45) is 0.0494. The first-order valence-electron chi connectivity index (χ1n) is 6.52. The number of rotatable bonds is 1. The Labute approximate surface area is 119 Å². The first kappa shape index (κ1) is 12.1. The lowest BCUT2D eigenvalue weighted by Gasteiger charge is -2.16. The summed E-state index contributed by atoms with van der Waals surface area (Å²) >= 11 is 0. The molecule has 4 rings (SSSR count). The van der Waals surface area contributed by atoms with E-state index < -0.39 is 0 Å². The molecule has 0 unspecified atom stereocenters. The number of hydrogen-bond donors (Lipinski definition) is 0. The highest BCUT2D eigenvalue weighted by Gasteiger charge is 2.30. The minimum absolute atomic E-state index is 0.0494. The van der Waals surface area contributed by atoms with Crippen LogP contribution in [0.3, 0.4) is 0 Å². The standard InChI is InChI=1S/C16H10FNO3/c17-10-4-2-1-3-9(10)12-7-13(19)15-11(18-12)5-6-14-16(15)21-8-20-14/h1-6H,7-8H2. The summed E-state index contributed by atoms with van der Waals surface area (Å²) in [6.45, 7) is 0.100. The molecule has 0 radical (unpaired) electrons. The van der Waals surface area contributed by atoms with Crippen LogP contribution in [0.1, 0.15) is 22.3 Å². The number of benzene rings is 2. The zero-order valence-corrected chi connectivity index (χ0v) is 10.9. The van der Waals surface area contributed by atoms with Crippen LogP contribution in [0.5, 0.6) is 11.5 Å². The molecule has 0 atom stereocenters. The highest BCUT2D eigenvalue weighted by molar-refractivity contribution is 6.22. The second-order valence-electron chi connectivity index (χ2n) is 4.83. The van der Waals surface area contributed by atoms with Gasteiger partial charge in [-0.3, -0.25) is 9.79 Å². The molecule has 5 heteroatoms. The highest BCUT2D eigenvalue weighted by Crippen LogP contribution is 2.43. The van der Waals surface area contributed by atoms with Gasteiger partial charge in [0.05, 0.1) is 23.4 Å². The van der Waals surface area contributed by atoms with Gasteiger partial charge in [0.15, 0.2) is 17.3 Å². The summed E-state index contributed by atoms with van der Waals surface area (Å²) in [5.41, 5.74) is 1.71. The van der Waals surface area contributed by atoms with Gasteiger partial charge in [-0.15, -0.1) is 0 Å². The molecule has 0 spiro atoms. The Balaban J connectivity index is 1.88. The predicted molar refractivity (Wildman–Crippen MR) is 74.1 cm³/mol. The fourth-order valence-corrected chi connectivity index (χ4v) is 2.60. The van der Waals surface area contributed by atoms with Crippen LogP contribution in [0.4, 0.5) is 10.1 Å². The Kier molecular flexibility index (Phi) is 2.54. The van der Waals surface area contributed by atoms with Gasteiger partial charge in [-0.05, 0) is 18.2 Å².